The number of halogens is 3. The van der Waals surface area contributed by atoms with Crippen LogP contribution in [0.4, 0.5) is 14.6 Å². The van der Waals surface area contributed by atoms with Crippen molar-refractivity contribution >= 4 is 35.1 Å². The molecule has 1 aliphatic heterocycles. The molecule has 0 aliphatic carbocycles. The summed E-state index contributed by atoms with van der Waals surface area (Å²) in [7, 11) is 1.56. The Bertz CT molecular complexity index is 1150. The van der Waals surface area contributed by atoms with E-state index in [-0.39, 0.29) is 29.8 Å². The number of allylic oxidation sites excluding steroid dienone is 2. The first-order chi connectivity index (χ1) is 16.2. The van der Waals surface area contributed by atoms with Crippen LogP contribution in [-0.4, -0.2) is 52.2 Å². The summed E-state index contributed by atoms with van der Waals surface area (Å²) in [5, 5.41) is 5.12. The number of anilines is 1. The number of nitrogens with one attached hydrogen (secondary N) is 2. The van der Waals surface area contributed by atoms with E-state index in [1.54, 1.807) is 31.0 Å². The Hall–Kier alpha value is -2.85. The van der Waals surface area contributed by atoms with Crippen LogP contribution in [0.3, 0.4) is 0 Å². The number of alkyl halides is 2. The molecule has 1 aliphatic rings. The third kappa shape index (κ3) is 6.38. The molecule has 0 spiro atoms. The average molecular weight is 510 g/mol. The molecule has 0 fully saturated rings. The van der Waals surface area contributed by atoms with Gasteiger partial charge in [0, 0.05) is 25.0 Å². The van der Waals surface area contributed by atoms with Crippen LogP contribution < -0.4 is 16.2 Å². The highest BCUT2D eigenvalue weighted by Gasteiger charge is 2.37. The number of benzene rings is 1. The van der Waals surface area contributed by atoms with Crippen LogP contribution in [0, 0.1) is 0 Å². The molecule has 11 heteroatoms. The average Bonchev–Trinajstić information content (AvgIpc) is 2.81. The third-order valence-electron chi connectivity index (χ3n) is 5.09. The van der Waals surface area contributed by atoms with Gasteiger partial charge in [0.1, 0.15) is 11.7 Å². The number of amides is 1. The summed E-state index contributed by atoms with van der Waals surface area (Å²) in [5.41, 5.74) is 0.0289. The van der Waals surface area contributed by atoms with Crippen molar-refractivity contribution in [2.45, 2.75) is 30.8 Å². The van der Waals surface area contributed by atoms with Crippen molar-refractivity contribution in [3.8, 4) is 0 Å². The molecule has 1 amide bonds. The van der Waals surface area contributed by atoms with Crippen molar-refractivity contribution in [3.63, 3.8) is 0 Å². The van der Waals surface area contributed by atoms with Gasteiger partial charge in [-0.1, -0.05) is 48.9 Å². The Labute approximate surface area is 205 Å². The molecular weight excluding hydrogens is 484 g/mol. The van der Waals surface area contributed by atoms with Gasteiger partial charge < -0.3 is 15.5 Å². The summed E-state index contributed by atoms with van der Waals surface area (Å²) in [5.74, 6) is -3.09. The molecule has 3 rings (SSSR count). The molecule has 2 heterocycles. The number of carbonyl (C=O) groups excluding carboxylic acids is 1. The molecule has 1 aromatic heterocycles. The van der Waals surface area contributed by atoms with Crippen LogP contribution in [0.15, 0.2) is 64.1 Å². The maximum absolute atomic E-state index is 14.7. The third-order valence-corrected chi connectivity index (χ3v) is 6.39. The van der Waals surface area contributed by atoms with Gasteiger partial charge in [0.15, 0.2) is 5.82 Å². The van der Waals surface area contributed by atoms with Crippen molar-refractivity contribution in [2.75, 3.05) is 31.2 Å². The van der Waals surface area contributed by atoms with Gasteiger partial charge >= 0.3 is 5.92 Å². The number of aromatic nitrogens is 2. The minimum atomic E-state index is -3.24. The van der Waals surface area contributed by atoms with Crippen LogP contribution >= 0.6 is 23.4 Å². The van der Waals surface area contributed by atoms with Gasteiger partial charge in [0.2, 0.25) is 5.91 Å². The highest BCUT2D eigenvalue weighted by atomic mass is 35.5. The Morgan fingerprint density at radius 2 is 2.09 bits per heavy atom. The highest BCUT2D eigenvalue weighted by Crippen LogP contribution is 2.28. The van der Waals surface area contributed by atoms with E-state index in [0.29, 0.717) is 6.54 Å². The van der Waals surface area contributed by atoms with Crippen LogP contribution in [0.25, 0.3) is 0 Å². The van der Waals surface area contributed by atoms with E-state index in [9.17, 15) is 18.4 Å². The van der Waals surface area contributed by atoms with Gasteiger partial charge in [-0.25, -0.2) is 4.98 Å². The smallest absolute Gasteiger partial charge is 0.304 e. The monoisotopic (exact) mass is 509 g/mol. The van der Waals surface area contributed by atoms with E-state index in [0.717, 1.165) is 27.0 Å². The van der Waals surface area contributed by atoms with Gasteiger partial charge in [-0.05, 0) is 23.5 Å². The largest absolute Gasteiger partial charge is 0.369 e. The van der Waals surface area contributed by atoms with Crippen molar-refractivity contribution in [2.24, 2.45) is 0 Å². The summed E-state index contributed by atoms with van der Waals surface area (Å²) in [6, 6.07) is 7.71. The summed E-state index contributed by atoms with van der Waals surface area (Å²) >= 11 is 7.74. The van der Waals surface area contributed by atoms with Crippen molar-refractivity contribution in [1.82, 2.24) is 19.8 Å². The fourth-order valence-electron chi connectivity index (χ4n) is 3.37. The topological polar surface area (TPSA) is 79.3 Å². The molecule has 1 aromatic carbocycles. The summed E-state index contributed by atoms with van der Waals surface area (Å²) < 4.78 is 30.4. The quantitative estimate of drug-likeness (QED) is 0.475. The zero-order chi connectivity index (χ0) is 24.7. The minimum absolute atomic E-state index is 0.0701. The van der Waals surface area contributed by atoms with Gasteiger partial charge in [-0.3, -0.25) is 14.2 Å². The lowest BCUT2D eigenvalue weighted by molar-refractivity contribution is -0.121. The van der Waals surface area contributed by atoms with Gasteiger partial charge in [-0.15, -0.1) is 11.8 Å². The standard InChI is InChI=1S/C23H26ClF2N5O2S/c1-3-34-17-9-5-4-8-16(17)12-27-20(32)14-31-19(24)13-28-21(22(31)33)29-15-23(25,26)18-10-6-7-11-30(18)2/h4-10,13H,3,11-12,14-15H2,1-2H3,(H,27,32)(H,28,29). The van der Waals surface area contributed by atoms with E-state index < -0.39 is 23.9 Å². The Morgan fingerprint density at radius 1 is 1.32 bits per heavy atom. The second kappa shape index (κ2) is 11.5. The second-order valence-corrected chi connectivity index (χ2v) is 9.25. The molecule has 182 valence electrons. The fourth-order valence-corrected chi connectivity index (χ4v) is 4.36. The van der Waals surface area contributed by atoms with Crippen LogP contribution in [0.1, 0.15) is 12.5 Å². The molecule has 7 nitrogen and oxygen atoms in total. The fraction of sp³-hybridized carbons (Fsp3) is 0.348. The maximum atomic E-state index is 14.7. The summed E-state index contributed by atoms with van der Waals surface area (Å²) in [6.45, 7) is 1.49. The molecule has 2 aromatic rings. The van der Waals surface area contributed by atoms with Crippen LogP contribution in [0.2, 0.25) is 5.15 Å². The second-order valence-electron chi connectivity index (χ2n) is 7.56. The molecular formula is C23H26ClF2N5O2S. The number of hydrogen-bond acceptors (Lipinski definition) is 6. The number of carbonyl (C=O) groups is 1. The van der Waals surface area contributed by atoms with Crippen molar-refractivity contribution < 1.29 is 13.6 Å². The predicted molar refractivity (Wildman–Crippen MR) is 131 cm³/mol. The predicted octanol–water partition coefficient (Wildman–Crippen LogP) is 3.76. The normalized spacial score (nSPS) is 13.6. The molecule has 0 saturated carbocycles. The van der Waals surface area contributed by atoms with Gasteiger partial charge in [0.05, 0.1) is 18.4 Å². The lowest BCUT2D eigenvalue weighted by Gasteiger charge is -2.30. The van der Waals surface area contributed by atoms with Gasteiger partial charge in [0.25, 0.3) is 5.56 Å². The molecule has 34 heavy (non-hydrogen) atoms. The SMILES string of the molecule is CCSc1ccccc1CNC(=O)Cn1c(Cl)cnc(NCC(F)(F)C2=CC=CCN2C)c1=O. The molecule has 2 N–H and O–H groups in total. The van der Waals surface area contributed by atoms with E-state index in [1.165, 1.54) is 11.0 Å². The first-order valence-corrected chi connectivity index (χ1v) is 12.0. The molecule has 0 radical (unpaired) electrons. The van der Waals surface area contributed by atoms with E-state index in [1.807, 2.05) is 31.2 Å². The number of thioether (sulfide) groups is 1. The Balaban J connectivity index is 1.67. The van der Waals surface area contributed by atoms with Crippen LogP contribution in [0.5, 0.6) is 0 Å². The zero-order valence-corrected chi connectivity index (χ0v) is 20.4. The van der Waals surface area contributed by atoms with Crippen LogP contribution in [-0.2, 0) is 17.9 Å². The number of hydrogen-bond donors (Lipinski definition) is 2. The zero-order valence-electron chi connectivity index (χ0n) is 18.9. The van der Waals surface area contributed by atoms with Crippen molar-refractivity contribution in [3.05, 3.63) is 75.5 Å². The minimum Gasteiger partial charge on any atom is -0.369 e. The first kappa shape index (κ1) is 25.8. The molecule has 0 atom stereocenters. The molecule has 0 saturated heterocycles. The first-order valence-electron chi connectivity index (χ1n) is 10.7. The van der Waals surface area contributed by atoms with Crippen molar-refractivity contribution in [1.29, 1.82) is 0 Å². The van der Waals surface area contributed by atoms with E-state index in [4.69, 9.17) is 11.6 Å². The lowest BCUT2D eigenvalue weighted by Crippen LogP contribution is -2.40. The molecule has 0 bridgehead atoms. The lowest BCUT2D eigenvalue weighted by atomic mass is 10.1. The number of nitrogens with zero attached hydrogens (tertiary/aromatic N) is 3. The molecule has 0 unspecified atom stereocenters. The summed E-state index contributed by atoms with van der Waals surface area (Å²) in [6.07, 6.45) is 5.81. The van der Waals surface area contributed by atoms with E-state index >= 15 is 0 Å². The number of likely N-dealkylation sites (N-methyl/N-ethyl adjacent to an activating group) is 1. The van der Waals surface area contributed by atoms with E-state index in [2.05, 4.69) is 15.6 Å². The number of rotatable bonds is 10. The van der Waals surface area contributed by atoms with Gasteiger partial charge in [-0.2, -0.15) is 8.78 Å². The Kier molecular flexibility index (Phi) is 8.73. The summed E-state index contributed by atoms with van der Waals surface area (Å²) in [4.78, 5) is 31.6. The Morgan fingerprint density at radius 3 is 2.82 bits per heavy atom. The maximum Gasteiger partial charge on any atom is 0.304 e. The highest BCUT2D eigenvalue weighted by molar-refractivity contribution is 7.99.